The minimum absolute atomic E-state index is 0.292. The highest BCUT2D eigenvalue weighted by Crippen LogP contribution is 2.30. The predicted octanol–water partition coefficient (Wildman–Crippen LogP) is 3.13. The molecule has 15 heavy (non-hydrogen) atoms. The average Bonchev–Trinajstić information content (AvgIpc) is 2.66. The van der Waals surface area contributed by atoms with E-state index in [0.717, 1.165) is 17.9 Å². The molecule has 0 aromatic rings. The Morgan fingerprint density at radius 2 is 2.20 bits per heavy atom. The first-order chi connectivity index (χ1) is 7.27. The van der Waals surface area contributed by atoms with E-state index in [-0.39, 0.29) is 0 Å². The third-order valence-electron chi connectivity index (χ3n) is 3.09. The molecule has 1 aliphatic heterocycles. The highest BCUT2D eigenvalue weighted by atomic mass is 32.2. The van der Waals surface area contributed by atoms with E-state index in [9.17, 15) is 4.79 Å². The number of nitrogens with zero attached hydrogens (tertiary/aromatic N) is 1. The maximum Gasteiger partial charge on any atom is 0.161 e. The lowest BCUT2D eigenvalue weighted by molar-refractivity contribution is -0.119. The van der Waals surface area contributed by atoms with Crippen molar-refractivity contribution in [3.05, 3.63) is 22.7 Å². The Balaban J connectivity index is 1.96. The molecule has 1 aliphatic carbocycles. The van der Waals surface area contributed by atoms with Crippen LogP contribution in [-0.4, -0.2) is 17.7 Å². The lowest BCUT2D eigenvalue weighted by Crippen LogP contribution is -2.17. The van der Waals surface area contributed by atoms with E-state index in [1.807, 2.05) is 29.6 Å². The third kappa shape index (κ3) is 2.65. The molecule has 82 valence electrons. The zero-order chi connectivity index (χ0) is 10.7. The van der Waals surface area contributed by atoms with E-state index in [1.165, 1.54) is 19.3 Å². The van der Waals surface area contributed by atoms with Gasteiger partial charge in [0.05, 0.1) is 5.03 Å². The van der Waals surface area contributed by atoms with Crippen LogP contribution in [0.15, 0.2) is 22.7 Å². The summed E-state index contributed by atoms with van der Waals surface area (Å²) in [5, 5.41) is 3.07. The zero-order valence-electron chi connectivity index (χ0n) is 9.11. The van der Waals surface area contributed by atoms with Gasteiger partial charge in [-0.2, -0.15) is 0 Å². The molecule has 2 nitrogen and oxygen atoms in total. The van der Waals surface area contributed by atoms with Crippen molar-refractivity contribution in [1.82, 2.24) is 4.90 Å². The molecule has 0 saturated heterocycles. The molecule has 1 saturated carbocycles. The van der Waals surface area contributed by atoms with E-state index in [4.69, 9.17) is 0 Å². The predicted molar refractivity (Wildman–Crippen MR) is 64.2 cm³/mol. The number of rotatable bonds is 2. The number of carbonyl (C=O) groups excluding carboxylic acids is 1. The number of carbonyl (C=O) groups is 1. The van der Waals surface area contributed by atoms with Crippen molar-refractivity contribution in [2.45, 2.75) is 32.1 Å². The van der Waals surface area contributed by atoms with Crippen LogP contribution in [-0.2, 0) is 4.79 Å². The molecule has 3 heteroatoms. The normalized spacial score (nSPS) is 25.1. The van der Waals surface area contributed by atoms with Gasteiger partial charge < -0.3 is 4.90 Å². The first-order valence-electron chi connectivity index (χ1n) is 5.59. The Morgan fingerprint density at radius 1 is 1.47 bits per heavy atom. The van der Waals surface area contributed by atoms with Gasteiger partial charge in [-0.05, 0) is 18.2 Å². The maximum absolute atomic E-state index is 12.0. The van der Waals surface area contributed by atoms with Crippen LogP contribution in [0.1, 0.15) is 32.1 Å². The molecule has 0 unspecified atom stereocenters. The van der Waals surface area contributed by atoms with Crippen LogP contribution in [0.25, 0.3) is 0 Å². The summed E-state index contributed by atoms with van der Waals surface area (Å²) in [5.41, 5.74) is 0. The van der Waals surface area contributed by atoms with E-state index < -0.39 is 0 Å². The lowest BCUT2D eigenvalue weighted by atomic mass is 9.86. The Morgan fingerprint density at radius 3 is 2.80 bits per heavy atom. The van der Waals surface area contributed by atoms with Crippen molar-refractivity contribution in [1.29, 1.82) is 0 Å². The van der Waals surface area contributed by atoms with Crippen LogP contribution in [0.4, 0.5) is 0 Å². The minimum atomic E-state index is 0.292. The minimum Gasteiger partial charge on any atom is -0.345 e. The highest BCUT2D eigenvalue weighted by molar-refractivity contribution is 8.06. The van der Waals surface area contributed by atoms with Crippen molar-refractivity contribution in [3.8, 4) is 0 Å². The molecule has 0 amide bonds. The standard InChI is InChI=1S/C12H17NOS/c1-13-7-8-15-12(13)9-11(14)10-5-3-2-4-6-10/h7-10H,2-6H2,1H3/b12-9+. The van der Waals surface area contributed by atoms with Crippen LogP contribution >= 0.6 is 11.8 Å². The summed E-state index contributed by atoms with van der Waals surface area (Å²) >= 11 is 1.63. The SMILES string of the molecule is CN1C=CS/C1=C/C(=O)C1CCCCC1. The van der Waals surface area contributed by atoms with Crippen molar-refractivity contribution in [2.75, 3.05) is 7.05 Å². The van der Waals surface area contributed by atoms with Gasteiger partial charge in [-0.15, -0.1) is 0 Å². The van der Waals surface area contributed by atoms with Crippen molar-refractivity contribution < 1.29 is 4.79 Å². The summed E-state index contributed by atoms with van der Waals surface area (Å²) < 4.78 is 0. The van der Waals surface area contributed by atoms with Crippen LogP contribution in [0.5, 0.6) is 0 Å². The van der Waals surface area contributed by atoms with Gasteiger partial charge in [0.2, 0.25) is 0 Å². The van der Waals surface area contributed by atoms with Gasteiger partial charge in [0, 0.05) is 25.2 Å². The second kappa shape index (κ2) is 4.88. The molecule has 1 heterocycles. The molecule has 1 fully saturated rings. The van der Waals surface area contributed by atoms with Gasteiger partial charge in [-0.1, -0.05) is 31.0 Å². The highest BCUT2D eigenvalue weighted by Gasteiger charge is 2.20. The molecule has 2 aliphatic rings. The van der Waals surface area contributed by atoms with Gasteiger partial charge >= 0.3 is 0 Å². The van der Waals surface area contributed by atoms with Gasteiger partial charge in [-0.25, -0.2) is 0 Å². The number of ketones is 1. The first kappa shape index (κ1) is 10.8. The second-order valence-corrected chi connectivity index (χ2v) is 5.16. The van der Waals surface area contributed by atoms with Crippen LogP contribution < -0.4 is 0 Å². The zero-order valence-corrected chi connectivity index (χ0v) is 9.93. The van der Waals surface area contributed by atoms with E-state index in [1.54, 1.807) is 11.8 Å². The maximum atomic E-state index is 12.0. The number of hydrogen-bond acceptors (Lipinski definition) is 3. The second-order valence-electron chi connectivity index (χ2n) is 4.23. The molecule has 0 atom stereocenters. The Kier molecular flexibility index (Phi) is 3.52. The van der Waals surface area contributed by atoms with E-state index in [0.29, 0.717) is 11.7 Å². The number of thioether (sulfide) groups is 1. The smallest absolute Gasteiger partial charge is 0.161 e. The lowest BCUT2D eigenvalue weighted by Gasteiger charge is -2.19. The summed E-state index contributed by atoms with van der Waals surface area (Å²) in [5.74, 6) is 0.619. The molecule has 0 aromatic carbocycles. The van der Waals surface area contributed by atoms with Gasteiger partial charge in [-0.3, -0.25) is 4.79 Å². The van der Waals surface area contributed by atoms with Gasteiger partial charge in [0.25, 0.3) is 0 Å². The van der Waals surface area contributed by atoms with Crippen molar-refractivity contribution >= 4 is 17.5 Å². The molecule has 0 bridgehead atoms. The molecule has 0 radical (unpaired) electrons. The number of allylic oxidation sites excluding steroid dienone is 1. The summed E-state index contributed by atoms with van der Waals surface area (Å²) in [6, 6.07) is 0. The molecule has 0 N–H and O–H groups in total. The van der Waals surface area contributed by atoms with E-state index >= 15 is 0 Å². The molecule has 2 rings (SSSR count). The first-order valence-corrected chi connectivity index (χ1v) is 6.47. The fraction of sp³-hybridized carbons (Fsp3) is 0.583. The fourth-order valence-corrected chi connectivity index (χ4v) is 2.90. The van der Waals surface area contributed by atoms with Crippen molar-refractivity contribution in [2.24, 2.45) is 5.92 Å². The Bertz CT molecular complexity index is 303. The summed E-state index contributed by atoms with van der Waals surface area (Å²) in [7, 11) is 1.98. The topological polar surface area (TPSA) is 20.3 Å². The van der Waals surface area contributed by atoms with E-state index in [2.05, 4.69) is 0 Å². The molecular weight excluding hydrogens is 206 g/mol. The number of hydrogen-bond donors (Lipinski definition) is 0. The fourth-order valence-electron chi connectivity index (χ4n) is 2.11. The summed E-state index contributed by atoms with van der Waals surface area (Å²) in [6.45, 7) is 0. The van der Waals surface area contributed by atoms with Gasteiger partial charge in [0.1, 0.15) is 0 Å². The van der Waals surface area contributed by atoms with Gasteiger partial charge in [0.15, 0.2) is 5.78 Å². The molecule has 0 spiro atoms. The quantitative estimate of drug-likeness (QED) is 0.671. The summed E-state index contributed by atoms with van der Waals surface area (Å²) in [6.07, 6.45) is 9.73. The summed E-state index contributed by atoms with van der Waals surface area (Å²) in [4.78, 5) is 14.0. The Labute approximate surface area is 95.4 Å². The van der Waals surface area contributed by atoms with Crippen LogP contribution in [0.3, 0.4) is 0 Å². The third-order valence-corrected chi connectivity index (χ3v) is 4.00. The molecule has 0 aromatic heterocycles. The molecular formula is C12H17NOS. The monoisotopic (exact) mass is 223 g/mol. The van der Waals surface area contributed by atoms with Crippen LogP contribution in [0.2, 0.25) is 0 Å². The van der Waals surface area contributed by atoms with Crippen molar-refractivity contribution in [3.63, 3.8) is 0 Å². The van der Waals surface area contributed by atoms with Crippen LogP contribution in [0, 0.1) is 5.92 Å². The Hall–Kier alpha value is -0.700. The largest absolute Gasteiger partial charge is 0.345 e. The average molecular weight is 223 g/mol.